The lowest BCUT2D eigenvalue weighted by molar-refractivity contribution is 0.00349. The third-order valence-electron chi connectivity index (χ3n) is 3.81. The first-order valence-electron chi connectivity index (χ1n) is 7.93. The van der Waals surface area contributed by atoms with Crippen LogP contribution in [0.15, 0.2) is 16.7 Å². The average molecular weight is 280 g/mol. The van der Waals surface area contributed by atoms with Crippen LogP contribution in [-0.2, 0) is 17.8 Å². The van der Waals surface area contributed by atoms with Crippen molar-refractivity contribution in [2.45, 2.75) is 52.3 Å². The van der Waals surface area contributed by atoms with Crippen LogP contribution in [0.3, 0.4) is 0 Å². The quantitative estimate of drug-likeness (QED) is 0.743. The molecule has 1 N–H and O–H groups in total. The molecule has 1 fully saturated rings. The van der Waals surface area contributed by atoms with Crippen LogP contribution in [0.25, 0.3) is 0 Å². The van der Waals surface area contributed by atoms with Gasteiger partial charge >= 0.3 is 0 Å². The number of nitrogens with one attached hydrogen (secondary N) is 1. The fourth-order valence-corrected chi connectivity index (χ4v) is 2.81. The smallest absolute Gasteiger partial charge is 0.122 e. The number of hydrogen-bond donors (Lipinski definition) is 1. The van der Waals surface area contributed by atoms with Crippen molar-refractivity contribution >= 4 is 0 Å². The Bertz CT molecular complexity index is 376. The highest BCUT2D eigenvalue weighted by molar-refractivity contribution is 5.17. The Hall–Kier alpha value is -0.840. The second-order valence-electron chi connectivity index (χ2n) is 5.50. The molecule has 4 heteroatoms. The lowest BCUT2D eigenvalue weighted by atomic mass is 10.1. The van der Waals surface area contributed by atoms with Crippen LogP contribution in [0.2, 0.25) is 0 Å². The molecule has 20 heavy (non-hydrogen) atoms. The zero-order valence-corrected chi connectivity index (χ0v) is 12.9. The maximum Gasteiger partial charge on any atom is 0.122 e. The van der Waals surface area contributed by atoms with E-state index in [4.69, 9.17) is 9.15 Å². The largest absolute Gasteiger partial charge is 0.468 e. The molecule has 0 spiro atoms. The summed E-state index contributed by atoms with van der Waals surface area (Å²) >= 11 is 0. The first kappa shape index (κ1) is 15.5. The third kappa shape index (κ3) is 4.62. The average Bonchev–Trinajstić information content (AvgIpc) is 2.87. The van der Waals surface area contributed by atoms with Crippen LogP contribution in [-0.4, -0.2) is 37.2 Å². The molecule has 0 radical (unpaired) electrons. The highest BCUT2D eigenvalue weighted by atomic mass is 16.5. The van der Waals surface area contributed by atoms with Gasteiger partial charge in [-0.2, -0.15) is 0 Å². The molecule has 0 bridgehead atoms. The molecular weight excluding hydrogens is 252 g/mol. The number of likely N-dealkylation sites (tertiary alicyclic amines) is 1. The van der Waals surface area contributed by atoms with Crippen molar-refractivity contribution in [3.63, 3.8) is 0 Å². The zero-order valence-electron chi connectivity index (χ0n) is 12.9. The van der Waals surface area contributed by atoms with Crippen molar-refractivity contribution in [1.29, 1.82) is 0 Å². The van der Waals surface area contributed by atoms with Gasteiger partial charge < -0.3 is 14.5 Å². The van der Waals surface area contributed by atoms with Gasteiger partial charge in [0.1, 0.15) is 5.76 Å². The molecule has 114 valence electrons. The fourth-order valence-electron chi connectivity index (χ4n) is 2.81. The molecule has 1 atom stereocenters. The van der Waals surface area contributed by atoms with Gasteiger partial charge in [-0.15, -0.1) is 0 Å². The topological polar surface area (TPSA) is 37.6 Å². The summed E-state index contributed by atoms with van der Waals surface area (Å²) in [5.41, 5.74) is 1.31. The van der Waals surface area contributed by atoms with Crippen molar-refractivity contribution in [1.82, 2.24) is 10.2 Å². The van der Waals surface area contributed by atoms with Gasteiger partial charge in [0, 0.05) is 25.3 Å². The Balaban J connectivity index is 1.84. The lowest BCUT2D eigenvalue weighted by Gasteiger charge is -2.32. The highest BCUT2D eigenvalue weighted by Gasteiger charge is 2.21. The minimum absolute atomic E-state index is 0.405. The fraction of sp³-hybridized carbons (Fsp3) is 0.750. The van der Waals surface area contributed by atoms with Gasteiger partial charge in [0.05, 0.1) is 18.9 Å². The summed E-state index contributed by atoms with van der Waals surface area (Å²) in [7, 11) is 0. The summed E-state index contributed by atoms with van der Waals surface area (Å²) in [5, 5.41) is 3.41. The van der Waals surface area contributed by atoms with Gasteiger partial charge in [0.25, 0.3) is 0 Å². The second kappa shape index (κ2) is 8.45. The standard InChI is InChI=1S/C16H28N2O2/c1-3-8-17-11-16-14(7-10-20-16)12-18-9-5-6-15(13-18)19-4-2/h7,10,15,17H,3-6,8-9,11-13H2,1-2H3. The Morgan fingerprint density at radius 2 is 2.35 bits per heavy atom. The number of nitrogens with zero attached hydrogens (tertiary/aromatic N) is 1. The van der Waals surface area contributed by atoms with E-state index in [0.717, 1.165) is 51.5 Å². The van der Waals surface area contributed by atoms with Gasteiger partial charge in [0.2, 0.25) is 0 Å². The van der Waals surface area contributed by atoms with E-state index in [9.17, 15) is 0 Å². The van der Waals surface area contributed by atoms with Gasteiger partial charge in [-0.05, 0) is 45.3 Å². The minimum Gasteiger partial charge on any atom is -0.468 e. The molecule has 2 rings (SSSR count). The van der Waals surface area contributed by atoms with E-state index in [1.807, 2.05) is 6.26 Å². The van der Waals surface area contributed by atoms with Gasteiger partial charge in [0.15, 0.2) is 0 Å². The first-order valence-corrected chi connectivity index (χ1v) is 7.93. The molecule has 2 heterocycles. The number of rotatable bonds is 8. The number of ether oxygens (including phenoxy) is 1. The van der Waals surface area contributed by atoms with Crippen molar-refractivity contribution < 1.29 is 9.15 Å². The van der Waals surface area contributed by atoms with Crippen LogP contribution in [0.5, 0.6) is 0 Å². The summed E-state index contributed by atoms with van der Waals surface area (Å²) < 4.78 is 11.4. The molecule has 1 saturated heterocycles. The lowest BCUT2D eigenvalue weighted by Crippen LogP contribution is -2.39. The van der Waals surface area contributed by atoms with E-state index in [-0.39, 0.29) is 0 Å². The highest BCUT2D eigenvalue weighted by Crippen LogP contribution is 2.18. The number of piperidine rings is 1. The first-order chi connectivity index (χ1) is 9.83. The van der Waals surface area contributed by atoms with Gasteiger partial charge in [-0.25, -0.2) is 0 Å². The van der Waals surface area contributed by atoms with Crippen LogP contribution in [0, 0.1) is 0 Å². The van der Waals surface area contributed by atoms with Crippen LogP contribution in [0.4, 0.5) is 0 Å². The van der Waals surface area contributed by atoms with Crippen LogP contribution >= 0.6 is 0 Å². The van der Waals surface area contributed by atoms with Crippen molar-refractivity contribution in [2.24, 2.45) is 0 Å². The molecule has 1 aliphatic rings. The molecule has 0 aliphatic carbocycles. The van der Waals surface area contributed by atoms with Crippen LogP contribution < -0.4 is 5.32 Å². The van der Waals surface area contributed by atoms with Crippen molar-refractivity contribution in [2.75, 3.05) is 26.2 Å². The summed E-state index contributed by atoms with van der Waals surface area (Å²) in [6.45, 7) is 10.1. The van der Waals surface area contributed by atoms with Crippen molar-refractivity contribution in [3.8, 4) is 0 Å². The van der Waals surface area contributed by atoms with Crippen molar-refractivity contribution in [3.05, 3.63) is 23.7 Å². The summed E-state index contributed by atoms with van der Waals surface area (Å²) in [6.07, 6.45) is 5.79. The maximum absolute atomic E-state index is 5.76. The zero-order chi connectivity index (χ0) is 14.2. The van der Waals surface area contributed by atoms with Gasteiger partial charge in [-0.3, -0.25) is 4.90 Å². The summed E-state index contributed by atoms with van der Waals surface area (Å²) in [5.74, 6) is 1.08. The number of hydrogen-bond acceptors (Lipinski definition) is 4. The van der Waals surface area contributed by atoms with E-state index in [1.165, 1.54) is 18.4 Å². The molecule has 1 unspecified atom stereocenters. The predicted octanol–water partition coefficient (Wildman–Crippen LogP) is 2.78. The molecule has 0 aromatic carbocycles. The second-order valence-corrected chi connectivity index (χ2v) is 5.50. The Labute approximate surface area is 122 Å². The van der Waals surface area contributed by atoms with E-state index in [0.29, 0.717) is 6.10 Å². The molecule has 1 aliphatic heterocycles. The molecule has 0 amide bonds. The monoisotopic (exact) mass is 280 g/mol. The van der Waals surface area contributed by atoms with E-state index in [2.05, 4.69) is 30.1 Å². The Kier molecular flexibility index (Phi) is 6.57. The van der Waals surface area contributed by atoms with E-state index in [1.54, 1.807) is 0 Å². The van der Waals surface area contributed by atoms with Crippen LogP contribution in [0.1, 0.15) is 44.4 Å². The number of furan rings is 1. The molecule has 4 nitrogen and oxygen atoms in total. The summed E-state index contributed by atoms with van der Waals surface area (Å²) in [6, 6.07) is 2.10. The summed E-state index contributed by atoms with van der Waals surface area (Å²) in [4.78, 5) is 2.48. The SMILES string of the molecule is CCCNCc1occc1CN1CCCC(OCC)C1. The Morgan fingerprint density at radius 1 is 1.45 bits per heavy atom. The van der Waals surface area contributed by atoms with E-state index >= 15 is 0 Å². The van der Waals surface area contributed by atoms with Gasteiger partial charge in [-0.1, -0.05) is 6.92 Å². The molecular formula is C16H28N2O2. The molecule has 1 aromatic heterocycles. The third-order valence-corrected chi connectivity index (χ3v) is 3.81. The molecule has 1 aromatic rings. The molecule has 0 saturated carbocycles. The maximum atomic E-state index is 5.76. The normalized spacial score (nSPS) is 20.4. The minimum atomic E-state index is 0.405. The van der Waals surface area contributed by atoms with E-state index < -0.39 is 0 Å². The Morgan fingerprint density at radius 3 is 3.15 bits per heavy atom. The predicted molar refractivity (Wildman–Crippen MR) is 80.6 cm³/mol.